The Morgan fingerprint density at radius 3 is 3.11 bits per heavy atom. The quantitative estimate of drug-likeness (QED) is 0.327. The van der Waals surface area contributed by atoms with Crippen LogP contribution in [0, 0.1) is 0 Å². The number of aliphatic imine (C=N–C) groups is 1. The molecule has 0 bridgehead atoms. The van der Waals surface area contributed by atoms with Gasteiger partial charge < -0.3 is 20.4 Å². The van der Waals surface area contributed by atoms with Crippen LogP contribution in [-0.2, 0) is 11.2 Å². The van der Waals surface area contributed by atoms with Gasteiger partial charge in [-0.25, -0.2) is 0 Å². The molecule has 0 spiro atoms. The number of aromatic nitrogens is 1. The molecule has 2 fully saturated rings. The van der Waals surface area contributed by atoms with Crippen LogP contribution in [0.25, 0.3) is 10.9 Å². The van der Waals surface area contributed by atoms with Crippen molar-refractivity contribution in [2.75, 3.05) is 39.3 Å². The highest BCUT2D eigenvalue weighted by Gasteiger charge is 2.31. The molecule has 2 atom stereocenters. The van der Waals surface area contributed by atoms with E-state index in [-0.39, 0.29) is 30.1 Å². The number of aromatic amines is 1. The van der Waals surface area contributed by atoms with Crippen molar-refractivity contribution in [1.29, 1.82) is 0 Å². The molecule has 0 saturated carbocycles. The second kappa shape index (κ2) is 10.5. The zero-order valence-electron chi connectivity index (χ0n) is 16.6. The van der Waals surface area contributed by atoms with Gasteiger partial charge in [-0.2, -0.15) is 0 Å². The fourth-order valence-electron chi connectivity index (χ4n) is 4.18. The molecule has 0 amide bonds. The lowest BCUT2D eigenvalue weighted by atomic mass is 10.1. The highest BCUT2D eigenvalue weighted by atomic mass is 127. The molecule has 2 aliphatic rings. The fraction of sp³-hybridized carbons (Fsp3) is 0.571. The Bertz CT molecular complexity index is 777. The summed E-state index contributed by atoms with van der Waals surface area (Å²) in [6.45, 7) is 7.63. The maximum absolute atomic E-state index is 6.02. The topological polar surface area (TPSA) is 64.7 Å². The van der Waals surface area contributed by atoms with Crippen LogP contribution in [-0.4, -0.2) is 67.3 Å². The number of nitrogens with one attached hydrogen (secondary N) is 3. The summed E-state index contributed by atoms with van der Waals surface area (Å²) < 4.78 is 6.02. The molecule has 3 heterocycles. The third kappa shape index (κ3) is 5.18. The van der Waals surface area contributed by atoms with Gasteiger partial charge in [-0.1, -0.05) is 18.2 Å². The Labute approximate surface area is 184 Å². The molecule has 0 radical (unpaired) electrons. The van der Waals surface area contributed by atoms with E-state index in [4.69, 9.17) is 9.73 Å². The van der Waals surface area contributed by atoms with Gasteiger partial charge in [-0.15, -0.1) is 24.0 Å². The van der Waals surface area contributed by atoms with Gasteiger partial charge in [0.25, 0.3) is 0 Å². The van der Waals surface area contributed by atoms with E-state index in [1.165, 1.54) is 35.9 Å². The van der Waals surface area contributed by atoms with E-state index in [9.17, 15) is 0 Å². The lowest BCUT2D eigenvalue weighted by Crippen LogP contribution is -2.47. The van der Waals surface area contributed by atoms with E-state index >= 15 is 0 Å². The molecule has 1 aromatic carbocycles. The van der Waals surface area contributed by atoms with Crippen molar-refractivity contribution in [1.82, 2.24) is 20.5 Å². The number of guanidine groups is 1. The summed E-state index contributed by atoms with van der Waals surface area (Å²) in [5, 5.41) is 8.12. The van der Waals surface area contributed by atoms with Crippen LogP contribution < -0.4 is 10.6 Å². The first kappa shape index (κ1) is 21.4. The molecule has 154 valence electrons. The molecule has 2 aliphatic heterocycles. The summed E-state index contributed by atoms with van der Waals surface area (Å²) >= 11 is 0. The first-order valence-corrected chi connectivity index (χ1v) is 10.3. The van der Waals surface area contributed by atoms with Crippen molar-refractivity contribution in [3.05, 3.63) is 36.0 Å². The lowest BCUT2D eigenvalue weighted by molar-refractivity contribution is -0.0432. The number of halogens is 1. The molecule has 28 heavy (non-hydrogen) atoms. The average molecular weight is 497 g/mol. The van der Waals surface area contributed by atoms with Gasteiger partial charge >= 0.3 is 0 Å². The Morgan fingerprint density at radius 1 is 1.32 bits per heavy atom. The van der Waals surface area contributed by atoms with Crippen LogP contribution in [0.4, 0.5) is 0 Å². The molecular weight excluding hydrogens is 465 g/mol. The summed E-state index contributed by atoms with van der Waals surface area (Å²) in [6, 6.07) is 9.09. The third-order valence-corrected chi connectivity index (χ3v) is 5.62. The molecule has 1 aromatic heterocycles. The maximum Gasteiger partial charge on any atom is 0.191 e. The second-order valence-electron chi connectivity index (χ2n) is 7.50. The maximum atomic E-state index is 6.02. The van der Waals surface area contributed by atoms with Gasteiger partial charge in [-0.3, -0.25) is 9.89 Å². The zero-order valence-corrected chi connectivity index (χ0v) is 18.9. The van der Waals surface area contributed by atoms with Crippen molar-refractivity contribution < 1.29 is 4.74 Å². The molecule has 2 saturated heterocycles. The normalized spacial score (nSPS) is 22.7. The number of hydrogen-bond donors (Lipinski definition) is 3. The Hall–Kier alpha value is -1.32. The van der Waals surface area contributed by atoms with Crippen LogP contribution in [0.15, 0.2) is 35.5 Å². The number of H-pyrrole nitrogens is 1. The highest BCUT2D eigenvalue weighted by Crippen LogP contribution is 2.22. The van der Waals surface area contributed by atoms with Crippen LogP contribution in [0.5, 0.6) is 0 Å². The van der Waals surface area contributed by atoms with Crippen molar-refractivity contribution in [3.63, 3.8) is 0 Å². The zero-order chi connectivity index (χ0) is 18.5. The number of ether oxygens (including phenoxy) is 1. The molecule has 2 unspecified atom stereocenters. The second-order valence-corrected chi connectivity index (χ2v) is 7.50. The van der Waals surface area contributed by atoms with Gasteiger partial charge in [0.15, 0.2) is 5.96 Å². The van der Waals surface area contributed by atoms with E-state index in [1.807, 2.05) is 0 Å². The minimum atomic E-state index is 0. The molecule has 3 N–H and O–H groups in total. The SMILES string of the molecule is CCNC(=NCC1CN2CCCC2CO1)NCCc1c[nH]c2ccccc12.I. The summed E-state index contributed by atoms with van der Waals surface area (Å²) in [5.74, 6) is 0.879. The van der Waals surface area contributed by atoms with E-state index in [2.05, 4.69) is 57.9 Å². The smallest absolute Gasteiger partial charge is 0.191 e. The number of rotatable bonds is 6. The van der Waals surface area contributed by atoms with Crippen LogP contribution in [0.3, 0.4) is 0 Å². The Morgan fingerprint density at radius 2 is 2.21 bits per heavy atom. The van der Waals surface area contributed by atoms with Crippen molar-refractivity contribution in [2.45, 2.75) is 38.3 Å². The minimum Gasteiger partial charge on any atom is -0.373 e. The van der Waals surface area contributed by atoms with E-state index in [0.29, 0.717) is 12.6 Å². The fourth-order valence-corrected chi connectivity index (χ4v) is 4.18. The number of para-hydroxylation sites is 1. The summed E-state index contributed by atoms with van der Waals surface area (Å²) in [5.41, 5.74) is 2.53. The minimum absolute atomic E-state index is 0. The van der Waals surface area contributed by atoms with Gasteiger partial charge in [-0.05, 0) is 44.4 Å². The predicted octanol–water partition coefficient (Wildman–Crippen LogP) is 2.75. The van der Waals surface area contributed by atoms with Gasteiger partial charge in [0, 0.05) is 42.8 Å². The standard InChI is InChI=1S/C21H31N5O.HI/c1-2-22-21(25-13-18-14-26-11-5-6-17(26)15-27-18)23-10-9-16-12-24-20-8-4-3-7-19(16)20;/h3-4,7-8,12,17-18,24H,2,5-6,9-11,13-15H2,1H3,(H2,22,23,25);1H. The van der Waals surface area contributed by atoms with Crippen molar-refractivity contribution in [2.24, 2.45) is 4.99 Å². The highest BCUT2D eigenvalue weighted by molar-refractivity contribution is 14.0. The molecular formula is C21H32IN5O. The lowest BCUT2D eigenvalue weighted by Gasteiger charge is -2.34. The number of benzene rings is 1. The number of fused-ring (bicyclic) bond motifs is 2. The largest absolute Gasteiger partial charge is 0.373 e. The first-order valence-electron chi connectivity index (χ1n) is 10.3. The van der Waals surface area contributed by atoms with Crippen LogP contribution in [0.1, 0.15) is 25.3 Å². The summed E-state index contributed by atoms with van der Waals surface area (Å²) in [4.78, 5) is 10.7. The van der Waals surface area contributed by atoms with Gasteiger partial charge in [0.2, 0.25) is 0 Å². The van der Waals surface area contributed by atoms with Crippen LogP contribution in [0.2, 0.25) is 0 Å². The first-order chi connectivity index (χ1) is 13.3. The van der Waals surface area contributed by atoms with E-state index in [0.717, 1.165) is 38.6 Å². The molecule has 6 nitrogen and oxygen atoms in total. The molecule has 2 aromatic rings. The van der Waals surface area contributed by atoms with Crippen molar-refractivity contribution >= 4 is 40.8 Å². The van der Waals surface area contributed by atoms with Gasteiger partial charge in [0.1, 0.15) is 0 Å². The molecule has 7 heteroatoms. The predicted molar refractivity (Wildman–Crippen MR) is 126 cm³/mol. The number of morpholine rings is 1. The summed E-state index contributed by atoms with van der Waals surface area (Å²) in [6.07, 6.45) is 5.88. The molecule has 4 rings (SSSR count). The Balaban J connectivity index is 0.00000225. The molecule has 0 aliphatic carbocycles. The monoisotopic (exact) mass is 497 g/mol. The average Bonchev–Trinajstić information content (AvgIpc) is 3.32. The van der Waals surface area contributed by atoms with E-state index in [1.54, 1.807) is 0 Å². The van der Waals surface area contributed by atoms with Crippen LogP contribution >= 0.6 is 24.0 Å². The third-order valence-electron chi connectivity index (χ3n) is 5.62. The Kier molecular flexibility index (Phi) is 7.99. The van der Waals surface area contributed by atoms with E-state index < -0.39 is 0 Å². The van der Waals surface area contributed by atoms with Crippen molar-refractivity contribution in [3.8, 4) is 0 Å². The summed E-state index contributed by atoms with van der Waals surface area (Å²) in [7, 11) is 0. The number of hydrogen-bond acceptors (Lipinski definition) is 3. The van der Waals surface area contributed by atoms with Gasteiger partial charge in [0.05, 0.1) is 19.3 Å². The number of nitrogens with zero attached hydrogens (tertiary/aromatic N) is 2.